The Morgan fingerprint density at radius 3 is 1.06 bits per heavy atom. The maximum Gasteiger partial charge on any atom is 0.326 e. The van der Waals surface area contributed by atoms with Crippen LogP contribution in [-0.2, 0) is 84.8 Å². The monoisotopic (exact) mass is 1140 g/mol. The molecular formula is C49H69N15O17. The van der Waals surface area contributed by atoms with Crippen LogP contribution >= 0.6 is 0 Å². The Morgan fingerprint density at radius 1 is 0.395 bits per heavy atom. The first kappa shape index (κ1) is 67.4. The lowest BCUT2D eigenvalue weighted by molar-refractivity contribution is -0.143. The Morgan fingerprint density at radius 2 is 0.704 bits per heavy atom. The average Bonchev–Trinajstić information content (AvgIpc) is 3.36. The molecule has 0 saturated carbocycles. The van der Waals surface area contributed by atoms with E-state index in [-0.39, 0.29) is 31.4 Å². The summed E-state index contributed by atoms with van der Waals surface area (Å²) in [5.74, 6) is -18.8. The van der Waals surface area contributed by atoms with Gasteiger partial charge in [-0.15, -0.1) is 0 Å². The van der Waals surface area contributed by atoms with Crippen molar-refractivity contribution in [1.82, 2.24) is 42.5 Å². The van der Waals surface area contributed by atoms with Crippen molar-refractivity contribution in [3.63, 3.8) is 0 Å². The number of carboxylic acids is 1. The first-order valence-corrected chi connectivity index (χ1v) is 24.8. The SMILES string of the molecule is CC(C)[C@H](NC(=O)[C@H](Cc1ccccc1)NC(=O)[C@H](CC(N)=O)NC(=O)[C@H](CC(N)=O)NC(=O)[C@H](CCC(N)=O)NC(=O)[C@H](CC(N)=O)NC(=O)[C@H](CC(N)=O)NC(=O)[C@H](Cc1ccc(O)cc1)NC(=O)[C@@H](N)CCC(N)=O)C(=O)O. The highest BCUT2D eigenvalue weighted by Gasteiger charge is 2.37. The number of rotatable bonds is 36. The number of carbonyl (C=O) groups is 15. The summed E-state index contributed by atoms with van der Waals surface area (Å²) >= 11 is 0. The third-order valence-electron chi connectivity index (χ3n) is 11.7. The number of amides is 14. The quantitative estimate of drug-likeness (QED) is 0.0301. The maximum absolute atomic E-state index is 14.0. The van der Waals surface area contributed by atoms with Crippen LogP contribution in [0.25, 0.3) is 0 Å². The lowest BCUT2D eigenvalue weighted by Crippen LogP contribution is -2.61. The van der Waals surface area contributed by atoms with Crippen molar-refractivity contribution in [3.8, 4) is 5.75 Å². The van der Waals surface area contributed by atoms with Gasteiger partial charge < -0.3 is 92.9 Å². The molecule has 0 aromatic heterocycles. The van der Waals surface area contributed by atoms with Crippen LogP contribution < -0.4 is 82.7 Å². The number of benzene rings is 2. The maximum atomic E-state index is 14.0. The van der Waals surface area contributed by atoms with Gasteiger partial charge in [0, 0.05) is 25.7 Å². The highest BCUT2D eigenvalue weighted by molar-refractivity contribution is 6.01. The normalized spacial score (nSPS) is 14.2. The van der Waals surface area contributed by atoms with E-state index in [0.29, 0.717) is 11.1 Å². The molecule has 2 rings (SSSR count). The van der Waals surface area contributed by atoms with Crippen molar-refractivity contribution in [1.29, 1.82) is 0 Å². The highest BCUT2D eigenvalue weighted by Crippen LogP contribution is 2.14. The summed E-state index contributed by atoms with van der Waals surface area (Å²) in [4.78, 5) is 194. The molecule has 0 aliphatic carbocycles. The molecule has 0 unspecified atom stereocenters. The number of carboxylic acid groups (broad SMARTS) is 1. The smallest absolute Gasteiger partial charge is 0.326 e. The summed E-state index contributed by atoms with van der Waals surface area (Å²) in [6.07, 6.45) is -6.52. The Balaban J connectivity index is 2.48. The number of nitrogens with one attached hydrogen (secondary N) is 8. The van der Waals surface area contributed by atoms with E-state index < -0.39 is 187 Å². The number of phenolic OH excluding ortho intramolecular Hbond substituents is 1. The van der Waals surface area contributed by atoms with Crippen LogP contribution in [0.5, 0.6) is 5.75 Å². The van der Waals surface area contributed by atoms with Gasteiger partial charge in [-0.05, 0) is 42.0 Å². The molecule has 32 heteroatoms. The molecule has 0 heterocycles. The number of phenols is 1. The molecule has 442 valence electrons. The zero-order valence-corrected chi connectivity index (χ0v) is 44.1. The van der Waals surface area contributed by atoms with Crippen LogP contribution in [0.1, 0.15) is 76.3 Å². The second-order valence-corrected chi connectivity index (χ2v) is 18.9. The van der Waals surface area contributed by atoms with Gasteiger partial charge in [-0.3, -0.25) is 67.1 Å². The fourth-order valence-electron chi connectivity index (χ4n) is 7.44. The largest absolute Gasteiger partial charge is 0.508 e. The molecule has 0 bridgehead atoms. The Kier molecular flexibility index (Phi) is 27.3. The Labute approximate surface area is 462 Å². The minimum absolute atomic E-state index is 0.160. The predicted molar refractivity (Wildman–Crippen MR) is 280 cm³/mol. The first-order chi connectivity index (χ1) is 37.9. The number of hydrogen-bond donors (Lipinski definition) is 17. The van der Waals surface area contributed by atoms with Gasteiger partial charge in [-0.1, -0.05) is 56.3 Å². The summed E-state index contributed by atoms with van der Waals surface area (Å²) in [5.41, 5.74) is 38.7. The number of hydrogen-bond acceptors (Lipinski definition) is 17. The van der Waals surface area contributed by atoms with E-state index in [4.69, 9.17) is 40.1 Å². The van der Waals surface area contributed by atoms with E-state index in [1.54, 1.807) is 30.3 Å². The summed E-state index contributed by atoms with van der Waals surface area (Å²) in [7, 11) is 0. The van der Waals surface area contributed by atoms with E-state index in [1.165, 1.54) is 38.1 Å². The molecule has 0 fully saturated rings. The molecule has 0 spiro atoms. The molecule has 2 aromatic carbocycles. The molecule has 0 radical (unpaired) electrons. The molecule has 0 saturated heterocycles. The lowest BCUT2D eigenvalue weighted by atomic mass is 10.0. The summed E-state index contributed by atoms with van der Waals surface area (Å²) in [6, 6.07) is -2.63. The third-order valence-corrected chi connectivity index (χ3v) is 11.7. The zero-order chi connectivity index (χ0) is 61.3. The number of nitrogens with two attached hydrogens (primary N) is 7. The molecule has 24 N–H and O–H groups in total. The van der Waals surface area contributed by atoms with Gasteiger partial charge in [0.25, 0.3) is 0 Å². The van der Waals surface area contributed by atoms with E-state index in [2.05, 4.69) is 42.5 Å². The molecule has 2 aromatic rings. The van der Waals surface area contributed by atoms with Crippen LogP contribution in [0.15, 0.2) is 54.6 Å². The van der Waals surface area contributed by atoms with Gasteiger partial charge in [-0.25, -0.2) is 4.79 Å². The number of primary amides is 6. The second kappa shape index (κ2) is 32.9. The van der Waals surface area contributed by atoms with Crippen molar-refractivity contribution in [2.75, 3.05) is 0 Å². The predicted octanol–water partition coefficient (Wildman–Crippen LogP) is -7.84. The minimum atomic E-state index is -2.08. The van der Waals surface area contributed by atoms with E-state index in [1.807, 2.05) is 0 Å². The highest BCUT2D eigenvalue weighted by atomic mass is 16.4. The third kappa shape index (κ3) is 25.1. The van der Waals surface area contributed by atoms with Gasteiger partial charge in [0.15, 0.2) is 0 Å². The van der Waals surface area contributed by atoms with Gasteiger partial charge >= 0.3 is 5.97 Å². The molecule has 9 atom stereocenters. The number of aromatic hydroxyl groups is 1. The Hall–Kier alpha value is -9.75. The van der Waals surface area contributed by atoms with Gasteiger partial charge in [-0.2, -0.15) is 0 Å². The van der Waals surface area contributed by atoms with Gasteiger partial charge in [0.1, 0.15) is 54.1 Å². The minimum Gasteiger partial charge on any atom is -0.508 e. The van der Waals surface area contributed by atoms with Gasteiger partial charge in [0.05, 0.1) is 31.7 Å². The van der Waals surface area contributed by atoms with Crippen molar-refractivity contribution in [3.05, 3.63) is 65.7 Å². The van der Waals surface area contributed by atoms with E-state index >= 15 is 0 Å². The molecule has 0 aliphatic rings. The standard InChI is InChI=1S/C49H69N15O17/c1-22(2)40(49(80)81)64-48(79)29(16-23-6-4-3-5-7-23)59-45(76)32(20-38(55)70)63-46(77)31(19-37(54)69)60-42(73)27(13-15-35(52)67)57-44(75)30(18-36(53)68)62-47(78)33(21-39(56)71)61-43(74)28(17-24-8-10-25(65)11-9-24)58-41(72)26(50)12-14-34(51)66/h3-11,22,26-33,40,65H,12-21,50H2,1-2H3,(H2,51,66)(H2,52,67)(H2,53,68)(H2,54,69)(H2,55,70)(H2,56,71)(H,57,75)(H,58,72)(H,59,76)(H,60,73)(H,61,74)(H,62,78)(H,63,77)(H,64,79)(H,80,81)/t26-,27-,28-,29-,30-,31-,32-,33-,40-/m0/s1. The molecular weight excluding hydrogens is 1070 g/mol. The van der Waals surface area contributed by atoms with E-state index in [0.717, 1.165) is 0 Å². The first-order valence-electron chi connectivity index (χ1n) is 24.8. The average molecular weight is 1140 g/mol. The fourth-order valence-corrected chi connectivity index (χ4v) is 7.44. The molecule has 0 aliphatic heterocycles. The van der Waals surface area contributed by atoms with Crippen LogP contribution in [0.4, 0.5) is 0 Å². The molecule has 32 nitrogen and oxygen atoms in total. The summed E-state index contributed by atoms with van der Waals surface area (Å²) < 4.78 is 0. The number of carbonyl (C=O) groups excluding carboxylic acids is 14. The van der Waals surface area contributed by atoms with Crippen LogP contribution in [-0.4, -0.2) is 153 Å². The van der Waals surface area contributed by atoms with Crippen molar-refractivity contribution in [2.24, 2.45) is 46.1 Å². The van der Waals surface area contributed by atoms with Crippen LogP contribution in [0.2, 0.25) is 0 Å². The lowest BCUT2D eigenvalue weighted by Gasteiger charge is -2.27. The fraction of sp³-hybridized carbons (Fsp3) is 0.449. The van der Waals surface area contributed by atoms with Crippen molar-refractivity contribution < 1.29 is 82.1 Å². The van der Waals surface area contributed by atoms with E-state index in [9.17, 15) is 82.1 Å². The van der Waals surface area contributed by atoms with Crippen LogP contribution in [0, 0.1) is 5.92 Å². The second-order valence-electron chi connectivity index (χ2n) is 18.9. The zero-order valence-electron chi connectivity index (χ0n) is 44.1. The van der Waals surface area contributed by atoms with Crippen LogP contribution in [0.3, 0.4) is 0 Å². The van der Waals surface area contributed by atoms with Gasteiger partial charge in [0.2, 0.25) is 82.7 Å². The van der Waals surface area contributed by atoms with Crippen molar-refractivity contribution >= 4 is 88.7 Å². The summed E-state index contributed by atoms with van der Waals surface area (Å²) in [5, 5.41) is 37.3. The summed E-state index contributed by atoms with van der Waals surface area (Å²) in [6.45, 7) is 3.02. The Bertz CT molecular complexity index is 2660. The number of aliphatic carboxylic acids is 1. The molecule has 14 amide bonds. The molecule has 81 heavy (non-hydrogen) atoms. The topological polar surface area (TPSA) is 575 Å². The van der Waals surface area contributed by atoms with Crippen molar-refractivity contribution in [2.45, 2.75) is 132 Å².